The fourth-order valence-corrected chi connectivity index (χ4v) is 3.03. The third-order valence-corrected chi connectivity index (χ3v) is 4.58. The first-order valence-electron chi connectivity index (χ1n) is 8.35. The summed E-state index contributed by atoms with van der Waals surface area (Å²) in [5.41, 5.74) is -2.82. The number of imide groups is 2. The number of rotatable bonds is 3. The Morgan fingerprint density at radius 3 is 2.38 bits per heavy atom. The SMILES string of the molecule is CC1(c2ccccc2)C(=O)NC(=O)N1C(=O)/C=C/c1ccc(F)c(C(F)(F)F)c1. The minimum atomic E-state index is -4.90. The highest BCUT2D eigenvalue weighted by molar-refractivity contribution is 6.16. The molecule has 1 fully saturated rings. The van der Waals surface area contributed by atoms with E-state index in [2.05, 4.69) is 5.32 Å². The standard InChI is InChI=1S/C20H14F4N2O3/c1-19(13-5-3-2-4-6-13)17(28)25-18(29)26(19)16(27)10-8-12-7-9-15(21)14(11-12)20(22,23)24/h2-11H,1H3,(H,25,28,29)/b10-8+. The van der Waals surface area contributed by atoms with E-state index in [4.69, 9.17) is 0 Å². The van der Waals surface area contributed by atoms with E-state index in [1.165, 1.54) is 6.92 Å². The highest BCUT2D eigenvalue weighted by atomic mass is 19.4. The molecule has 0 spiro atoms. The van der Waals surface area contributed by atoms with Crippen molar-refractivity contribution in [3.05, 3.63) is 77.1 Å². The number of hydrogen-bond donors (Lipinski definition) is 1. The van der Waals surface area contributed by atoms with Crippen LogP contribution in [0, 0.1) is 5.82 Å². The second kappa shape index (κ2) is 7.16. The molecule has 4 amide bonds. The van der Waals surface area contributed by atoms with Gasteiger partial charge in [0.1, 0.15) is 5.82 Å². The van der Waals surface area contributed by atoms with E-state index in [1.807, 2.05) is 0 Å². The first-order valence-corrected chi connectivity index (χ1v) is 8.35. The van der Waals surface area contributed by atoms with Gasteiger partial charge in [0.2, 0.25) is 0 Å². The zero-order chi connectivity index (χ0) is 21.4. The molecule has 1 heterocycles. The number of halogens is 4. The molecule has 0 bridgehead atoms. The van der Waals surface area contributed by atoms with Gasteiger partial charge in [-0.05, 0) is 36.3 Å². The molecule has 5 nitrogen and oxygen atoms in total. The van der Waals surface area contributed by atoms with Gasteiger partial charge in [0.25, 0.3) is 11.8 Å². The summed E-state index contributed by atoms with van der Waals surface area (Å²) in [6.45, 7) is 1.38. The number of hydrogen-bond acceptors (Lipinski definition) is 3. The Bertz CT molecular complexity index is 1020. The second-order valence-corrected chi connectivity index (χ2v) is 6.44. The molecule has 1 unspecified atom stereocenters. The zero-order valence-corrected chi connectivity index (χ0v) is 15.0. The Labute approximate surface area is 162 Å². The summed E-state index contributed by atoms with van der Waals surface area (Å²) in [5, 5.41) is 2.07. The maximum atomic E-state index is 13.4. The molecule has 1 atom stereocenters. The predicted molar refractivity (Wildman–Crippen MR) is 94.6 cm³/mol. The zero-order valence-electron chi connectivity index (χ0n) is 15.0. The van der Waals surface area contributed by atoms with E-state index in [0.717, 1.165) is 18.2 Å². The van der Waals surface area contributed by atoms with Crippen LogP contribution >= 0.6 is 0 Å². The third-order valence-electron chi connectivity index (χ3n) is 4.58. The van der Waals surface area contributed by atoms with Gasteiger partial charge in [-0.3, -0.25) is 14.9 Å². The second-order valence-electron chi connectivity index (χ2n) is 6.44. The van der Waals surface area contributed by atoms with Crippen LogP contribution < -0.4 is 5.32 Å². The smallest absolute Gasteiger partial charge is 0.275 e. The van der Waals surface area contributed by atoms with Gasteiger partial charge in [-0.1, -0.05) is 36.4 Å². The van der Waals surface area contributed by atoms with Crippen LogP contribution in [-0.2, 0) is 21.3 Å². The lowest BCUT2D eigenvalue weighted by atomic mass is 9.90. The molecule has 29 heavy (non-hydrogen) atoms. The number of nitrogens with zero attached hydrogens (tertiary/aromatic N) is 1. The molecule has 0 saturated carbocycles. The molecule has 2 aromatic rings. The van der Waals surface area contributed by atoms with E-state index in [1.54, 1.807) is 30.3 Å². The average molecular weight is 406 g/mol. The fraction of sp³-hybridized carbons (Fsp3) is 0.150. The van der Waals surface area contributed by atoms with Crippen molar-refractivity contribution >= 4 is 23.9 Å². The van der Waals surface area contributed by atoms with Crippen molar-refractivity contribution in [3.8, 4) is 0 Å². The van der Waals surface area contributed by atoms with E-state index in [9.17, 15) is 31.9 Å². The van der Waals surface area contributed by atoms with Crippen LogP contribution in [0.25, 0.3) is 6.08 Å². The number of carbonyl (C=O) groups is 3. The fourth-order valence-electron chi connectivity index (χ4n) is 3.03. The molecule has 3 rings (SSSR count). The summed E-state index contributed by atoms with van der Waals surface area (Å²) in [5.74, 6) is -3.07. The largest absolute Gasteiger partial charge is 0.419 e. The van der Waals surface area contributed by atoms with Gasteiger partial charge < -0.3 is 0 Å². The van der Waals surface area contributed by atoms with Crippen molar-refractivity contribution in [1.82, 2.24) is 10.2 Å². The summed E-state index contributed by atoms with van der Waals surface area (Å²) in [6, 6.07) is 9.37. The van der Waals surface area contributed by atoms with Crippen molar-refractivity contribution in [2.45, 2.75) is 18.6 Å². The molecule has 0 aromatic heterocycles. The Morgan fingerprint density at radius 1 is 1.10 bits per heavy atom. The van der Waals surface area contributed by atoms with Crippen molar-refractivity contribution in [3.63, 3.8) is 0 Å². The molecule has 0 aliphatic carbocycles. The van der Waals surface area contributed by atoms with Gasteiger partial charge in [0.15, 0.2) is 5.54 Å². The Balaban J connectivity index is 1.94. The summed E-state index contributed by atoms with van der Waals surface area (Å²) < 4.78 is 51.9. The van der Waals surface area contributed by atoms with Gasteiger partial charge in [0.05, 0.1) is 5.56 Å². The summed E-state index contributed by atoms with van der Waals surface area (Å²) in [7, 11) is 0. The molecule has 2 aromatic carbocycles. The lowest BCUT2D eigenvalue weighted by molar-refractivity contribution is -0.140. The molecule has 0 radical (unpaired) electrons. The lowest BCUT2D eigenvalue weighted by Crippen LogP contribution is -2.47. The summed E-state index contributed by atoms with van der Waals surface area (Å²) >= 11 is 0. The molecular weight excluding hydrogens is 392 g/mol. The third kappa shape index (κ3) is 3.63. The van der Waals surface area contributed by atoms with Crippen molar-refractivity contribution in [1.29, 1.82) is 0 Å². The summed E-state index contributed by atoms with van der Waals surface area (Å²) in [4.78, 5) is 37.9. The number of urea groups is 1. The monoisotopic (exact) mass is 406 g/mol. The van der Waals surface area contributed by atoms with Gasteiger partial charge >= 0.3 is 12.2 Å². The highest BCUT2D eigenvalue weighted by Crippen LogP contribution is 2.34. The first-order chi connectivity index (χ1) is 13.5. The molecule has 1 N–H and O–H groups in total. The van der Waals surface area contributed by atoms with Crippen LogP contribution in [0.15, 0.2) is 54.6 Å². The Hall–Kier alpha value is -3.49. The van der Waals surface area contributed by atoms with Crippen LogP contribution in [0.3, 0.4) is 0 Å². The summed E-state index contributed by atoms with van der Waals surface area (Å²) in [6.07, 6.45) is -3.03. The normalized spacial score (nSPS) is 19.7. The molecule has 1 aliphatic rings. The number of amides is 4. The van der Waals surface area contributed by atoms with Gasteiger partial charge in [-0.25, -0.2) is 14.1 Å². The first kappa shape index (κ1) is 20.2. The van der Waals surface area contributed by atoms with E-state index >= 15 is 0 Å². The van der Waals surface area contributed by atoms with Crippen LogP contribution in [0.4, 0.5) is 22.4 Å². The van der Waals surface area contributed by atoms with Gasteiger partial charge in [0, 0.05) is 6.08 Å². The molecule has 1 aliphatic heterocycles. The average Bonchev–Trinajstić information content (AvgIpc) is 2.90. The van der Waals surface area contributed by atoms with Gasteiger partial charge in [-0.15, -0.1) is 0 Å². The van der Waals surface area contributed by atoms with Crippen molar-refractivity contribution in [2.75, 3.05) is 0 Å². The Kier molecular flexibility index (Phi) is 5.00. The number of alkyl halides is 3. The molecule has 1 saturated heterocycles. The molecular formula is C20H14F4N2O3. The predicted octanol–water partition coefficient (Wildman–Crippen LogP) is 3.85. The minimum Gasteiger partial charge on any atom is -0.275 e. The Morgan fingerprint density at radius 2 is 1.76 bits per heavy atom. The van der Waals surface area contributed by atoms with Crippen LogP contribution in [0.2, 0.25) is 0 Å². The van der Waals surface area contributed by atoms with Crippen LogP contribution in [0.5, 0.6) is 0 Å². The van der Waals surface area contributed by atoms with Gasteiger partial charge in [-0.2, -0.15) is 13.2 Å². The van der Waals surface area contributed by atoms with E-state index < -0.39 is 40.9 Å². The minimum absolute atomic E-state index is 0.0978. The highest BCUT2D eigenvalue weighted by Gasteiger charge is 2.53. The van der Waals surface area contributed by atoms with Crippen LogP contribution in [0.1, 0.15) is 23.6 Å². The molecule has 150 valence electrons. The maximum Gasteiger partial charge on any atom is 0.419 e. The maximum absolute atomic E-state index is 13.4. The van der Waals surface area contributed by atoms with Crippen molar-refractivity contribution < 1.29 is 31.9 Å². The molecule has 9 heteroatoms. The topological polar surface area (TPSA) is 66.5 Å². The number of benzene rings is 2. The number of nitrogens with one attached hydrogen (secondary N) is 1. The lowest BCUT2D eigenvalue weighted by Gasteiger charge is -2.29. The van der Waals surface area contributed by atoms with E-state index in [0.29, 0.717) is 22.6 Å². The van der Waals surface area contributed by atoms with Crippen molar-refractivity contribution in [2.24, 2.45) is 0 Å². The van der Waals surface area contributed by atoms with E-state index in [-0.39, 0.29) is 5.56 Å². The number of carbonyl (C=O) groups excluding carboxylic acids is 3. The quantitative estimate of drug-likeness (QED) is 0.478. The van der Waals surface area contributed by atoms with Crippen LogP contribution in [-0.4, -0.2) is 22.7 Å².